The number of fused-ring (bicyclic) bond motifs is 19. The highest BCUT2D eigenvalue weighted by Crippen LogP contribution is 2.65. The van der Waals surface area contributed by atoms with E-state index >= 15 is 0 Å². The molecule has 0 aliphatic heterocycles. The van der Waals surface area contributed by atoms with Crippen LogP contribution < -0.4 is 0 Å². The van der Waals surface area contributed by atoms with Crippen molar-refractivity contribution in [3.8, 4) is 50.4 Å². The molecular formula is C67H43N3. The Kier molecular flexibility index (Phi) is 8.28. The van der Waals surface area contributed by atoms with E-state index in [4.69, 9.17) is 0 Å². The highest BCUT2D eigenvalue weighted by atomic mass is 15.0. The third-order valence-corrected chi connectivity index (χ3v) is 15.3. The van der Waals surface area contributed by atoms with Gasteiger partial charge in [0, 0.05) is 55.9 Å². The van der Waals surface area contributed by atoms with Crippen LogP contribution in [0.5, 0.6) is 0 Å². The molecule has 15 rings (SSSR count). The van der Waals surface area contributed by atoms with Gasteiger partial charge in [0.05, 0.1) is 33.0 Å². The van der Waals surface area contributed by atoms with E-state index < -0.39 is 5.41 Å². The SMILES string of the molecule is c1ccc(-c2ccc(-n3c4ccccc4c4ccc5c(c43)C3(c4ccccc4-5)c4ccccc4-c4c3ccc3ccc(-n5c6ccccc6c6ccccc65)cccn(-c5ccccc5)c43)cc2)cc1. The molecule has 13 aromatic rings. The van der Waals surface area contributed by atoms with Gasteiger partial charge < -0.3 is 13.7 Å². The fraction of sp³-hybridized carbons (Fsp3) is 0.0149. The first kappa shape index (κ1) is 38.9. The molecule has 3 heteroatoms. The molecule has 1 spiro atoms. The molecule has 0 N–H and O–H groups in total. The molecule has 70 heavy (non-hydrogen) atoms. The van der Waals surface area contributed by atoms with Crippen LogP contribution in [0.4, 0.5) is 0 Å². The Morgan fingerprint density at radius 2 is 0.800 bits per heavy atom. The van der Waals surface area contributed by atoms with E-state index in [0.717, 1.165) is 28.0 Å². The molecule has 3 heterocycles. The second-order valence-corrected chi connectivity index (χ2v) is 18.8. The molecule has 1 atom stereocenters. The van der Waals surface area contributed by atoms with Crippen molar-refractivity contribution >= 4 is 54.5 Å². The Labute approximate surface area is 405 Å². The number of hydrogen-bond acceptors (Lipinski definition) is 0. The van der Waals surface area contributed by atoms with Gasteiger partial charge in [0.25, 0.3) is 0 Å². The summed E-state index contributed by atoms with van der Waals surface area (Å²) in [6.07, 6.45) is 2.27. The van der Waals surface area contributed by atoms with E-state index in [2.05, 4.69) is 275 Å². The summed E-state index contributed by atoms with van der Waals surface area (Å²) in [5.74, 6) is 0. The predicted octanol–water partition coefficient (Wildman–Crippen LogP) is 17.0. The average Bonchev–Trinajstić information content (AvgIpc) is 4.15. The number of hydrogen-bond donors (Lipinski definition) is 0. The highest BCUT2D eigenvalue weighted by molar-refractivity contribution is 6.16. The lowest BCUT2D eigenvalue weighted by atomic mass is 9.70. The summed E-state index contributed by atoms with van der Waals surface area (Å²) in [5, 5.41) is 6.14. The molecule has 3 aromatic heterocycles. The molecule has 0 amide bonds. The summed E-state index contributed by atoms with van der Waals surface area (Å²) in [7, 11) is 0. The van der Waals surface area contributed by atoms with Crippen LogP contribution in [0.2, 0.25) is 0 Å². The second-order valence-electron chi connectivity index (χ2n) is 18.8. The smallest absolute Gasteiger partial charge is 0.0747 e. The fourth-order valence-electron chi connectivity index (χ4n) is 12.5. The van der Waals surface area contributed by atoms with Crippen LogP contribution in [0, 0.1) is 0 Å². The van der Waals surface area contributed by atoms with Gasteiger partial charge >= 0.3 is 0 Å². The van der Waals surface area contributed by atoms with Gasteiger partial charge in [0.15, 0.2) is 0 Å². The number of nitrogens with zero attached hydrogens (tertiary/aromatic N) is 3. The van der Waals surface area contributed by atoms with Crippen molar-refractivity contribution < 1.29 is 0 Å². The van der Waals surface area contributed by atoms with Gasteiger partial charge in [0.1, 0.15) is 0 Å². The molecule has 10 aromatic carbocycles. The van der Waals surface area contributed by atoms with Crippen molar-refractivity contribution in [2.75, 3.05) is 0 Å². The first-order valence-electron chi connectivity index (χ1n) is 24.3. The molecule has 1 unspecified atom stereocenters. The van der Waals surface area contributed by atoms with Crippen LogP contribution in [0.15, 0.2) is 261 Å². The zero-order valence-corrected chi connectivity index (χ0v) is 38.2. The van der Waals surface area contributed by atoms with Gasteiger partial charge in [-0.25, -0.2) is 0 Å². The van der Waals surface area contributed by atoms with Gasteiger partial charge in [-0.3, -0.25) is 0 Å². The average molecular weight is 890 g/mol. The van der Waals surface area contributed by atoms with E-state index in [1.165, 1.54) is 99.2 Å². The Hall–Kier alpha value is -9.18. The zero-order valence-electron chi connectivity index (χ0n) is 38.2. The summed E-state index contributed by atoms with van der Waals surface area (Å²) in [6.45, 7) is 0. The zero-order chi connectivity index (χ0) is 45.9. The van der Waals surface area contributed by atoms with Crippen LogP contribution in [-0.4, -0.2) is 13.7 Å². The van der Waals surface area contributed by atoms with Gasteiger partial charge in [-0.1, -0.05) is 194 Å². The minimum absolute atomic E-state index is 0.636. The van der Waals surface area contributed by atoms with Gasteiger partial charge in [0.2, 0.25) is 0 Å². The first-order valence-corrected chi connectivity index (χ1v) is 24.3. The largest absolute Gasteiger partial charge is 0.316 e. The minimum Gasteiger partial charge on any atom is -0.316 e. The Morgan fingerprint density at radius 1 is 0.286 bits per heavy atom. The monoisotopic (exact) mass is 889 g/mol. The normalized spacial score (nSPS) is 14.3. The molecule has 2 aliphatic carbocycles. The Bertz CT molecular complexity index is 4290. The maximum atomic E-state index is 2.55. The number of aromatic nitrogens is 3. The molecular weight excluding hydrogens is 847 g/mol. The molecule has 0 saturated heterocycles. The van der Waals surface area contributed by atoms with Crippen LogP contribution in [0.3, 0.4) is 0 Å². The number of benzene rings is 10. The van der Waals surface area contributed by atoms with Gasteiger partial charge in [-0.15, -0.1) is 0 Å². The maximum Gasteiger partial charge on any atom is 0.0747 e. The quantitative estimate of drug-likeness (QED) is 0.167. The number of para-hydroxylation sites is 4. The van der Waals surface area contributed by atoms with Crippen molar-refractivity contribution in [3.63, 3.8) is 0 Å². The standard InChI is InChI=1S/C67H43N3/c1-3-18-44(19-4-1)45-33-37-49(38-34-45)70-62-32-16-11-26-53(62)55-41-40-54-50-23-7-12-28-57(50)67(64(54)66(55)70)58-29-13-8-27-56(58)63-59(67)42-36-46-35-39-48(22-17-43-68(65(46)63)47-20-5-2-6-21-47)69-60-30-14-9-24-51(60)52-25-10-15-31-61(52)69/h1-43H. The predicted molar refractivity (Wildman–Crippen MR) is 291 cm³/mol. The van der Waals surface area contributed by atoms with E-state index in [9.17, 15) is 0 Å². The lowest BCUT2D eigenvalue weighted by Gasteiger charge is -2.31. The summed E-state index contributed by atoms with van der Waals surface area (Å²) in [4.78, 5) is 0. The van der Waals surface area contributed by atoms with Crippen LogP contribution in [0.25, 0.3) is 105 Å². The molecule has 0 fully saturated rings. The lowest BCUT2D eigenvalue weighted by molar-refractivity contribution is 0.797. The van der Waals surface area contributed by atoms with Crippen molar-refractivity contribution in [1.82, 2.24) is 13.7 Å². The molecule has 3 nitrogen and oxygen atoms in total. The Morgan fingerprint density at radius 3 is 1.51 bits per heavy atom. The molecule has 0 radical (unpaired) electrons. The second kappa shape index (κ2) is 14.9. The van der Waals surface area contributed by atoms with Gasteiger partial charge in [-0.05, 0) is 111 Å². The Balaban J connectivity index is 1.07. The molecule has 2 aliphatic rings. The third-order valence-electron chi connectivity index (χ3n) is 15.3. The van der Waals surface area contributed by atoms with Gasteiger partial charge in [-0.2, -0.15) is 0 Å². The van der Waals surface area contributed by atoms with Crippen molar-refractivity contribution in [1.29, 1.82) is 0 Å². The summed E-state index contributed by atoms with van der Waals surface area (Å²) >= 11 is 0. The van der Waals surface area contributed by atoms with Crippen molar-refractivity contribution in [2.24, 2.45) is 0 Å². The van der Waals surface area contributed by atoms with E-state index in [-0.39, 0.29) is 0 Å². The minimum atomic E-state index is -0.636. The summed E-state index contributed by atoms with van der Waals surface area (Å²) < 4.78 is 7.38. The topological polar surface area (TPSA) is 14.8 Å². The fourth-order valence-corrected chi connectivity index (χ4v) is 12.5. The van der Waals surface area contributed by atoms with Crippen molar-refractivity contribution in [3.05, 3.63) is 283 Å². The van der Waals surface area contributed by atoms with E-state index in [1.807, 2.05) is 0 Å². The maximum absolute atomic E-state index is 2.55. The first-order chi connectivity index (χ1) is 34.8. The highest BCUT2D eigenvalue weighted by Gasteiger charge is 2.53. The lowest BCUT2D eigenvalue weighted by Crippen LogP contribution is -2.26. The van der Waals surface area contributed by atoms with Crippen LogP contribution >= 0.6 is 0 Å². The van der Waals surface area contributed by atoms with E-state index in [1.54, 1.807) is 0 Å². The van der Waals surface area contributed by atoms with Crippen molar-refractivity contribution in [2.45, 2.75) is 5.41 Å². The molecule has 326 valence electrons. The van der Waals surface area contributed by atoms with Crippen LogP contribution in [-0.2, 0) is 5.41 Å². The van der Waals surface area contributed by atoms with Crippen LogP contribution in [0.1, 0.15) is 22.3 Å². The third kappa shape index (κ3) is 5.29. The molecule has 0 bridgehead atoms. The molecule has 0 saturated carbocycles. The summed E-state index contributed by atoms with van der Waals surface area (Å²) in [5.41, 5.74) is 21.4. The number of rotatable bonds is 4. The summed E-state index contributed by atoms with van der Waals surface area (Å²) in [6, 6.07) is 94.4. The van der Waals surface area contributed by atoms with E-state index in [0.29, 0.717) is 0 Å².